The SMILES string of the molecule is CC(C)n1cnnc1-c1cc(OC(N)=O)ccn1. The number of nitrogens with zero attached hydrogens (tertiary/aromatic N) is 4. The molecule has 2 rings (SSSR count). The summed E-state index contributed by atoms with van der Waals surface area (Å²) in [6.45, 7) is 4.02. The topological polar surface area (TPSA) is 95.9 Å². The largest absolute Gasteiger partial charge is 0.410 e. The van der Waals surface area contributed by atoms with Crippen molar-refractivity contribution >= 4 is 6.09 Å². The minimum atomic E-state index is -0.863. The highest BCUT2D eigenvalue weighted by atomic mass is 16.5. The van der Waals surface area contributed by atoms with Crippen LogP contribution in [0.5, 0.6) is 5.75 Å². The summed E-state index contributed by atoms with van der Waals surface area (Å²) in [7, 11) is 0. The van der Waals surface area contributed by atoms with E-state index in [2.05, 4.69) is 15.2 Å². The monoisotopic (exact) mass is 247 g/mol. The van der Waals surface area contributed by atoms with E-state index in [1.54, 1.807) is 18.5 Å². The second-order valence-corrected chi connectivity index (χ2v) is 3.95. The number of carbonyl (C=O) groups excluding carboxylic acids is 1. The first kappa shape index (κ1) is 12.0. The van der Waals surface area contributed by atoms with Crippen molar-refractivity contribution in [2.24, 2.45) is 5.73 Å². The molecule has 0 unspecified atom stereocenters. The molecule has 18 heavy (non-hydrogen) atoms. The van der Waals surface area contributed by atoms with Gasteiger partial charge in [0.15, 0.2) is 5.82 Å². The molecular formula is C11H13N5O2. The van der Waals surface area contributed by atoms with E-state index in [1.807, 2.05) is 18.4 Å². The van der Waals surface area contributed by atoms with Crippen molar-refractivity contribution in [3.05, 3.63) is 24.7 Å². The highest BCUT2D eigenvalue weighted by molar-refractivity contribution is 5.68. The van der Waals surface area contributed by atoms with Gasteiger partial charge in [-0.3, -0.25) is 4.98 Å². The van der Waals surface area contributed by atoms with Crippen molar-refractivity contribution in [2.45, 2.75) is 19.9 Å². The van der Waals surface area contributed by atoms with Crippen molar-refractivity contribution in [3.8, 4) is 17.3 Å². The summed E-state index contributed by atoms with van der Waals surface area (Å²) >= 11 is 0. The summed E-state index contributed by atoms with van der Waals surface area (Å²) in [5.74, 6) is 0.936. The third-order valence-electron chi connectivity index (χ3n) is 2.31. The quantitative estimate of drug-likeness (QED) is 0.883. The lowest BCUT2D eigenvalue weighted by atomic mass is 10.3. The number of hydrogen-bond donors (Lipinski definition) is 1. The van der Waals surface area contributed by atoms with Crippen molar-refractivity contribution in [2.75, 3.05) is 0 Å². The van der Waals surface area contributed by atoms with E-state index in [4.69, 9.17) is 10.5 Å². The van der Waals surface area contributed by atoms with Gasteiger partial charge in [0.1, 0.15) is 17.8 Å². The molecule has 0 aliphatic carbocycles. The van der Waals surface area contributed by atoms with Crippen LogP contribution in [0.3, 0.4) is 0 Å². The van der Waals surface area contributed by atoms with E-state index in [-0.39, 0.29) is 6.04 Å². The molecule has 1 amide bonds. The Hall–Kier alpha value is -2.44. The zero-order valence-corrected chi connectivity index (χ0v) is 10.1. The number of carbonyl (C=O) groups is 1. The van der Waals surface area contributed by atoms with Crippen LogP contribution in [-0.4, -0.2) is 25.8 Å². The maximum Gasteiger partial charge on any atom is 0.409 e. The number of nitrogens with two attached hydrogens (primary N) is 1. The van der Waals surface area contributed by atoms with Crippen molar-refractivity contribution in [1.82, 2.24) is 19.7 Å². The Labute approximate surface area is 104 Å². The molecule has 0 aromatic carbocycles. The molecule has 7 heteroatoms. The van der Waals surface area contributed by atoms with Crippen LogP contribution in [0.1, 0.15) is 19.9 Å². The summed E-state index contributed by atoms with van der Waals surface area (Å²) in [4.78, 5) is 14.9. The lowest BCUT2D eigenvalue weighted by Crippen LogP contribution is -2.16. The van der Waals surface area contributed by atoms with Gasteiger partial charge in [-0.1, -0.05) is 0 Å². The van der Waals surface area contributed by atoms with Crippen molar-refractivity contribution < 1.29 is 9.53 Å². The fourth-order valence-corrected chi connectivity index (χ4v) is 1.52. The second kappa shape index (κ2) is 4.82. The molecule has 7 nitrogen and oxygen atoms in total. The lowest BCUT2D eigenvalue weighted by molar-refractivity contribution is 0.211. The number of pyridine rings is 1. The Morgan fingerprint density at radius 1 is 1.50 bits per heavy atom. The summed E-state index contributed by atoms with van der Waals surface area (Å²) in [6, 6.07) is 3.34. The van der Waals surface area contributed by atoms with E-state index in [1.165, 1.54) is 6.20 Å². The first-order valence-corrected chi connectivity index (χ1v) is 5.41. The first-order valence-electron chi connectivity index (χ1n) is 5.41. The van der Waals surface area contributed by atoms with Gasteiger partial charge in [0.25, 0.3) is 0 Å². The third-order valence-corrected chi connectivity index (χ3v) is 2.31. The minimum absolute atomic E-state index is 0.206. The first-order chi connectivity index (χ1) is 8.58. The fourth-order valence-electron chi connectivity index (χ4n) is 1.52. The van der Waals surface area contributed by atoms with Crippen LogP contribution in [-0.2, 0) is 0 Å². The van der Waals surface area contributed by atoms with Gasteiger partial charge < -0.3 is 15.0 Å². The van der Waals surface area contributed by atoms with Crippen LogP contribution in [0.4, 0.5) is 4.79 Å². The second-order valence-electron chi connectivity index (χ2n) is 3.95. The Morgan fingerprint density at radius 2 is 2.28 bits per heavy atom. The Morgan fingerprint density at radius 3 is 2.94 bits per heavy atom. The van der Waals surface area contributed by atoms with Crippen LogP contribution >= 0.6 is 0 Å². The molecule has 0 saturated heterocycles. The molecule has 0 aliphatic rings. The van der Waals surface area contributed by atoms with Gasteiger partial charge >= 0.3 is 6.09 Å². The zero-order valence-electron chi connectivity index (χ0n) is 10.1. The van der Waals surface area contributed by atoms with E-state index in [0.717, 1.165) is 0 Å². The van der Waals surface area contributed by atoms with Gasteiger partial charge in [-0.05, 0) is 19.9 Å². The molecule has 94 valence electrons. The zero-order chi connectivity index (χ0) is 13.1. The van der Waals surface area contributed by atoms with Crippen LogP contribution in [0.15, 0.2) is 24.7 Å². The van der Waals surface area contributed by atoms with Crippen LogP contribution in [0.2, 0.25) is 0 Å². The van der Waals surface area contributed by atoms with Gasteiger partial charge in [-0.2, -0.15) is 0 Å². The minimum Gasteiger partial charge on any atom is -0.410 e. The van der Waals surface area contributed by atoms with Crippen LogP contribution in [0, 0.1) is 0 Å². The standard InChI is InChI=1S/C11H13N5O2/c1-7(2)16-6-14-15-10(16)9-5-8(3-4-13-9)18-11(12)17/h3-7H,1-2H3,(H2,12,17). The molecule has 2 heterocycles. The predicted octanol–water partition coefficient (Wildman–Crippen LogP) is 1.38. The number of hydrogen-bond acceptors (Lipinski definition) is 5. The maximum atomic E-state index is 10.7. The van der Waals surface area contributed by atoms with Crippen molar-refractivity contribution in [3.63, 3.8) is 0 Å². The van der Waals surface area contributed by atoms with Gasteiger partial charge in [0, 0.05) is 18.3 Å². The number of rotatable bonds is 3. The molecule has 2 aromatic heterocycles. The molecule has 2 N–H and O–H groups in total. The number of amides is 1. The summed E-state index contributed by atoms with van der Waals surface area (Å²) in [6.07, 6.45) is 2.29. The van der Waals surface area contributed by atoms with E-state index in [0.29, 0.717) is 17.3 Å². The van der Waals surface area contributed by atoms with E-state index in [9.17, 15) is 4.79 Å². The highest BCUT2D eigenvalue weighted by Gasteiger charge is 2.12. The summed E-state index contributed by atoms with van der Waals surface area (Å²) < 4.78 is 6.67. The molecule has 0 fully saturated rings. The molecule has 0 saturated carbocycles. The smallest absolute Gasteiger partial charge is 0.409 e. The fraction of sp³-hybridized carbons (Fsp3) is 0.273. The average Bonchev–Trinajstić information content (AvgIpc) is 2.77. The highest BCUT2D eigenvalue weighted by Crippen LogP contribution is 2.21. The Kier molecular flexibility index (Phi) is 3.22. The van der Waals surface area contributed by atoms with Crippen molar-refractivity contribution in [1.29, 1.82) is 0 Å². The molecule has 0 radical (unpaired) electrons. The molecule has 2 aromatic rings. The Bertz CT molecular complexity index is 564. The summed E-state index contributed by atoms with van der Waals surface area (Å²) in [5.41, 5.74) is 5.53. The predicted molar refractivity (Wildman–Crippen MR) is 63.8 cm³/mol. The van der Waals surface area contributed by atoms with Gasteiger partial charge in [0.05, 0.1) is 0 Å². The molecule has 0 atom stereocenters. The van der Waals surface area contributed by atoms with Crippen LogP contribution < -0.4 is 10.5 Å². The molecule has 0 aliphatic heterocycles. The molecule has 0 bridgehead atoms. The summed E-state index contributed by atoms with van der Waals surface area (Å²) in [5, 5.41) is 7.86. The maximum absolute atomic E-state index is 10.7. The average molecular weight is 247 g/mol. The number of aromatic nitrogens is 4. The molecular weight excluding hydrogens is 234 g/mol. The number of primary amides is 1. The van der Waals surface area contributed by atoms with E-state index < -0.39 is 6.09 Å². The Balaban J connectivity index is 2.38. The van der Waals surface area contributed by atoms with Gasteiger partial charge in [0.2, 0.25) is 0 Å². The third kappa shape index (κ3) is 2.45. The van der Waals surface area contributed by atoms with Crippen LogP contribution in [0.25, 0.3) is 11.5 Å². The normalized spacial score (nSPS) is 10.6. The lowest BCUT2D eigenvalue weighted by Gasteiger charge is -2.09. The van der Waals surface area contributed by atoms with E-state index >= 15 is 0 Å². The van der Waals surface area contributed by atoms with Gasteiger partial charge in [-0.15, -0.1) is 10.2 Å². The number of ether oxygens (including phenoxy) is 1. The van der Waals surface area contributed by atoms with Gasteiger partial charge in [-0.25, -0.2) is 4.79 Å². The molecule has 0 spiro atoms.